The monoisotopic (exact) mass is 286 g/mol. The average Bonchev–Trinajstić information content (AvgIpc) is 2.48. The maximum absolute atomic E-state index is 11.2. The van der Waals surface area contributed by atoms with Gasteiger partial charge in [0.2, 0.25) is 0 Å². The molecule has 21 heavy (non-hydrogen) atoms. The predicted octanol–water partition coefficient (Wildman–Crippen LogP) is 3.86. The van der Waals surface area contributed by atoms with Crippen molar-refractivity contribution in [2.75, 3.05) is 7.11 Å². The SMILES string of the molecule is COC(=O)Oc1cccc(C(C)(C)c2ccc(O)cc2)c1. The van der Waals surface area contributed by atoms with Gasteiger partial charge < -0.3 is 14.6 Å². The highest BCUT2D eigenvalue weighted by atomic mass is 16.7. The van der Waals surface area contributed by atoms with Crippen molar-refractivity contribution in [3.63, 3.8) is 0 Å². The van der Waals surface area contributed by atoms with Crippen LogP contribution in [0.25, 0.3) is 0 Å². The van der Waals surface area contributed by atoms with Crippen LogP contribution in [0.5, 0.6) is 11.5 Å². The fourth-order valence-corrected chi connectivity index (χ4v) is 2.13. The topological polar surface area (TPSA) is 55.8 Å². The molecule has 2 aromatic rings. The molecule has 110 valence electrons. The number of rotatable bonds is 3. The molecular formula is C17H18O4. The number of carbonyl (C=O) groups is 1. The lowest BCUT2D eigenvalue weighted by molar-refractivity contribution is 0.121. The second-order valence-corrected chi connectivity index (χ2v) is 5.26. The Kier molecular flexibility index (Phi) is 4.17. The Morgan fingerprint density at radius 2 is 1.71 bits per heavy atom. The number of phenols is 1. The molecule has 1 N–H and O–H groups in total. The highest BCUT2D eigenvalue weighted by Crippen LogP contribution is 2.33. The Balaban J connectivity index is 2.33. The molecule has 0 unspecified atom stereocenters. The van der Waals surface area contributed by atoms with Crippen molar-refractivity contribution in [2.24, 2.45) is 0 Å². The summed E-state index contributed by atoms with van der Waals surface area (Å²) in [5, 5.41) is 9.39. The Morgan fingerprint density at radius 3 is 2.33 bits per heavy atom. The number of benzene rings is 2. The van der Waals surface area contributed by atoms with Crippen LogP contribution >= 0.6 is 0 Å². The van der Waals surface area contributed by atoms with Gasteiger partial charge in [0.25, 0.3) is 0 Å². The molecule has 0 heterocycles. The summed E-state index contributed by atoms with van der Waals surface area (Å²) in [5.74, 6) is 0.670. The van der Waals surface area contributed by atoms with Gasteiger partial charge in [0.15, 0.2) is 0 Å². The number of phenolic OH excluding ortho intramolecular Hbond substituents is 1. The summed E-state index contributed by atoms with van der Waals surface area (Å²) in [6, 6.07) is 14.4. The average molecular weight is 286 g/mol. The Morgan fingerprint density at radius 1 is 1.05 bits per heavy atom. The van der Waals surface area contributed by atoms with Crippen molar-refractivity contribution < 1.29 is 19.4 Å². The zero-order valence-electron chi connectivity index (χ0n) is 12.3. The van der Waals surface area contributed by atoms with Gasteiger partial charge in [0, 0.05) is 5.41 Å². The number of carbonyl (C=O) groups excluding carboxylic acids is 1. The summed E-state index contributed by atoms with van der Waals surface area (Å²) >= 11 is 0. The van der Waals surface area contributed by atoms with Crippen LogP contribution in [0.2, 0.25) is 0 Å². The third-order valence-corrected chi connectivity index (χ3v) is 3.51. The fraction of sp³-hybridized carbons (Fsp3) is 0.235. The van der Waals surface area contributed by atoms with Crippen molar-refractivity contribution in [1.29, 1.82) is 0 Å². The molecule has 0 fully saturated rings. The van der Waals surface area contributed by atoms with Gasteiger partial charge in [-0.2, -0.15) is 0 Å². The molecule has 0 bridgehead atoms. The van der Waals surface area contributed by atoms with Crippen LogP contribution < -0.4 is 4.74 Å². The van der Waals surface area contributed by atoms with E-state index < -0.39 is 6.16 Å². The number of hydrogen-bond donors (Lipinski definition) is 1. The molecule has 0 atom stereocenters. The summed E-state index contributed by atoms with van der Waals surface area (Å²) < 4.78 is 9.54. The molecule has 2 aromatic carbocycles. The molecule has 0 saturated heterocycles. The summed E-state index contributed by atoms with van der Waals surface area (Å²) in [6.45, 7) is 4.13. The maximum Gasteiger partial charge on any atom is 0.513 e. The van der Waals surface area contributed by atoms with Crippen LogP contribution in [0, 0.1) is 0 Å². The first-order valence-electron chi connectivity index (χ1n) is 6.59. The van der Waals surface area contributed by atoms with Crippen molar-refractivity contribution >= 4 is 6.16 Å². The van der Waals surface area contributed by atoms with E-state index in [2.05, 4.69) is 18.6 Å². The Hall–Kier alpha value is -2.49. The van der Waals surface area contributed by atoms with E-state index >= 15 is 0 Å². The molecular weight excluding hydrogens is 268 g/mol. The maximum atomic E-state index is 11.2. The lowest BCUT2D eigenvalue weighted by Gasteiger charge is -2.26. The standard InChI is InChI=1S/C17H18O4/c1-17(2,12-7-9-14(18)10-8-12)13-5-4-6-15(11-13)21-16(19)20-3/h4-11,18H,1-3H3. The van der Waals surface area contributed by atoms with Gasteiger partial charge in [-0.3, -0.25) is 0 Å². The van der Waals surface area contributed by atoms with E-state index in [1.54, 1.807) is 18.2 Å². The van der Waals surface area contributed by atoms with Crippen LogP contribution in [0.4, 0.5) is 4.79 Å². The molecule has 0 aliphatic carbocycles. The molecule has 0 spiro atoms. The van der Waals surface area contributed by atoms with Gasteiger partial charge in [0.05, 0.1) is 7.11 Å². The first kappa shape index (κ1) is 14.9. The second kappa shape index (κ2) is 5.87. The normalized spacial score (nSPS) is 11.0. The number of hydrogen-bond acceptors (Lipinski definition) is 4. The summed E-state index contributed by atoms with van der Waals surface area (Å²) in [6.07, 6.45) is -0.741. The Labute approximate surface area is 123 Å². The van der Waals surface area contributed by atoms with Crippen LogP contribution in [0.3, 0.4) is 0 Å². The number of aromatic hydroxyl groups is 1. The molecule has 0 aliphatic heterocycles. The molecule has 0 saturated carbocycles. The first-order valence-corrected chi connectivity index (χ1v) is 6.59. The van der Waals surface area contributed by atoms with E-state index in [4.69, 9.17) is 4.74 Å². The zero-order chi connectivity index (χ0) is 15.5. The van der Waals surface area contributed by atoms with E-state index in [9.17, 15) is 9.90 Å². The van der Waals surface area contributed by atoms with Crippen molar-refractivity contribution in [2.45, 2.75) is 19.3 Å². The van der Waals surface area contributed by atoms with Crippen LogP contribution in [-0.4, -0.2) is 18.4 Å². The third-order valence-electron chi connectivity index (χ3n) is 3.51. The first-order chi connectivity index (χ1) is 9.93. The highest BCUT2D eigenvalue weighted by molar-refractivity contribution is 5.63. The van der Waals surface area contributed by atoms with E-state index in [1.807, 2.05) is 30.3 Å². The van der Waals surface area contributed by atoms with Crippen molar-refractivity contribution in [3.05, 3.63) is 59.7 Å². The van der Waals surface area contributed by atoms with Gasteiger partial charge in [-0.1, -0.05) is 38.1 Å². The largest absolute Gasteiger partial charge is 0.513 e. The van der Waals surface area contributed by atoms with Crippen molar-refractivity contribution in [3.8, 4) is 11.5 Å². The van der Waals surface area contributed by atoms with Crippen LogP contribution in [-0.2, 0) is 10.2 Å². The van der Waals surface area contributed by atoms with E-state index in [-0.39, 0.29) is 11.2 Å². The molecule has 0 radical (unpaired) electrons. The van der Waals surface area contributed by atoms with E-state index in [0.717, 1.165) is 11.1 Å². The number of ether oxygens (including phenoxy) is 2. The molecule has 4 nitrogen and oxygen atoms in total. The predicted molar refractivity (Wildman–Crippen MR) is 79.7 cm³/mol. The summed E-state index contributed by atoms with van der Waals surface area (Å²) in [7, 11) is 1.27. The minimum atomic E-state index is -0.741. The lowest BCUT2D eigenvalue weighted by Crippen LogP contribution is -2.19. The molecule has 0 aliphatic rings. The van der Waals surface area contributed by atoms with Crippen LogP contribution in [0.1, 0.15) is 25.0 Å². The van der Waals surface area contributed by atoms with Crippen LogP contribution in [0.15, 0.2) is 48.5 Å². The lowest BCUT2D eigenvalue weighted by atomic mass is 9.78. The van der Waals surface area contributed by atoms with Gasteiger partial charge in [-0.05, 0) is 35.4 Å². The highest BCUT2D eigenvalue weighted by Gasteiger charge is 2.23. The fourth-order valence-electron chi connectivity index (χ4n) is 2.13. The van der Waals surface area contributed by atoms with Gasteiger partial charge in [-0.15, -0.1) is 0 Å². The zero-order valence-corrected chi connectivity index (χ0v) is 12.3. The minimum absolute atomic E-state index is 0.234. The summed E-state index contributed by atoms with van der Waals surface area (Å²) in [4.78, 5) is 11.2. The smallest absolute Gasteiger partial charge is 0.508 e. The Bertz CT molecular complexity index is 629. The molecule has 0 amide bonds. The quantitative estimate of drug-likeness (QED) is 0.687. The van der Waals surface area contributed by atoms with Crippen molar-refractivity contribution in [1.82, 2.24) is 0 Å². The van der Waals surface area contributed by atoms with Gasteiger partial charge >= 0.3 is 6.16 Å². The van der Waals surface area contributed by atoms with E-state index in [0.29, 0.717) is 5.75 Å². The molecule has 4 heteroatoms. The van der Waals surface area contributed by atoms with Gasteiger partial charge in [0.1, 0.15) is 11.5 Å². The van der Waals surface area contributed by atoms with Gasteiger partial charge in [-0.25, -0.2) is 4.79 Å². The third kappa shape index (κ3) is 3.34. The summed E-state index contributed by atoms with van der Waals surface area (Å²) in [5.41, 5.74) is 1.76. The number of methoxy groups -OCH3 is 1. The molecule has 0 aromatic heterocycles. The minimum Gasteiger partial charge on any atom is -0.508 e. The second-order valence-electron chi connectivity index (χ2n) is 5.26. The van der Waals surface area contributed by atoms with E-state index in [1.165, 1.54) is 7.11 Å². The molecule has 2 rings (SSSR count).